The van der Waals surface area contributed by atoms with Gasteiger partial charge in [0.2, 0.25) is 0 Å². The molecule has 1 atom stereocenters. The first kappa shape index (κ1) is 13.1. The zero-order chi connectivity index (χ0) is 13.9. The van der Waals surface area contributed by atoms with Crippen molar-refractivity contribution in [2.75, 3.05) is 0 Å². The summed E-state index contributed by atoms with van der Waals surface area (Å²) in [6.07, 6.45) is 1.89. The molecule has 102 valence electrons. The first-order chi connectivity index (χ1) is 9.72. The van der Waals surface area contributed by atoms with Gasteiger partial charge < -0.3 is 4.52 Å². The van der Waals surface area contributed by atoms with Gasteiger partial charge in [-0.05, 0) is 6.92 Å². The standard InChI is InChI=1S/C14H13BrN4O/c1-10(15)14-9-19(18-16-14)8-12-7-13(17-20-12)11-5-3-2-4-6-11/h2-7,9-10H,8H2,1H3. The molecule has 20 heavy (non-hydrogen) atoms. The van der Waals surface area contributed by atoms with Crippen molar-refractivity contribution >= 4 is 15.9 Å². The highest BCUT2D eigenvalue weighted by Gasteiger charge is 2.10. The smallest absolute Gasteiger partial charge is 0.158 e. The van der Waals surface area contributed by atoms with Crippen LogP contribution in [0.25, 0.3) is 11.3 Å². The Hall–Kier alpha value is -1.95. The second-order valence-corrected chi connectivity index (χ2v) is 5.87. The quantitative estimate of drug-likeness (QED) is 0.687. The first-order valence-corrected chi connectivity index (χ1v) is 7.19. The minimum atomic E-state index is 0.186. The zero-order valence-electron chi connectivity index (χ0n) is 10.9. The Balaban J connectivity index is 1.77. The number of aromatic nitrogens is 4. The summed E-state index contributed by atoms with van der Waals surface area (Å²) >= 11 is 3.46. The summed E-state index contributed by atoms with van der Waals surface area (Å²) in [4.78, 5) is 0.186. The predicted molar refractivity (Wildman–Crippen MR) is 78.4 cm³/mol. The average molecular weight is 333 g/mol. The van der Waals surface area contributed by atoms with Gasteiger partial charge in [-0.15, -0.1) is 5.10 Å². The molecule has 0 aliphatic heterocycles. The van der Waals surface area contributed by atoms with E-state index in [9.17, 15) is 0 Å². The lowest BCUT2D eigenvalue weighted by Crippen LogP contribution is -1.98. The Morgan fingerprint density at radius 1 is 1.30 bits per heavy atom. The topological polar surface area (TPSA) is 56.7 Å². The minimum Gasteiger partial charge on any atom is -0.359 e. The summed E-state index contributed by atoms with van der Waals surface area (Å²) in [6, 6.07) is 11.9. The van der Waals surface area contributed by atoms with Gasteiger partial charge >= 0.3 is 0 Å². The Morgan fingerprint density at radius 2 is 2.10 bits per heavy atom. The van der Waals surface area contributed by atoms with Crippen molar-refractivity contribution in [3.8, 4) is 11.3 Å². The molecular weight excluding hydrogens is 320 g/mol. The summed E-state index contributed by atoms with van der Waals surface area (Å²) in [6.45, 7) is 2.53. The maximum Gasteiger partial charge on any atom is 0.158 e. The second-order valence-electron chi connectivity index (χ2n) is 4.50. The van der Waals surface area contributed by atoms with E-state index in [-0.39, 0.29) is 4.83 Å². The highest BCUT2D eigenvalue weighted by atomic mass is 79.9. The summed E-state index contributed by atoms with van der Waals surface area (Å²) in [5.41, 5.74) is 2.76. The van der Waals surface area contributed by atoms with Gasteiger partial charge in [-0.1, -0.05) is 56.6 Å². The van der Waals surface area contributed by atoms with Crippen LogP contribution < -0.4 is 0 Å². The van der Waals surface area contributed by atoms with Crippen LogP contribution in [-0.2, 0) is 6.54 Å². The summed E-state index contributed by atoms with van der Waals surface area (Å²) in [5.74, 6) is 0.752. The number of alkyl halides is 1. The van der Waals surface area contributed by atoms with Crippen LogP contribution in [-0.4, -0.2) is 20.2 Å². The number of hydrogen-bond acceptors (Lipinski definition) is 4. The molecule has 0 saturated heterocycles. The molecule has 0 fully saturated rings. The van der Waals surface area contributed by atoms with Gasteiger partial charge in [0.25, 0.3) is 0 Å². The molecule has 0 aliphatic rings. The van der Waals surface area contributed by atoms with Crippen molar-refractivity contribution in [2.45, 2.75) is 18.3 Å². The third-order valence-corrected chi connectivity index (χ3v) is 3.38. The van der Waals surface area contributed by atoms with Crippen LogP contribution in [0.4, 0.5) is 0 Å². The van der Waals surface area contributed by atoms with Crippen molar-refractivity contribution in [3.05, 3.63) is 54.0 Å². The highest BCUT2D eigenvalue weighted by Crippen LogP contribution is 2.20. The van der Waals surface area contributed by atoms with Gasteiger partial charge in [0.15, 0.2) is 5.76 Å². The van der Waals surface area contributed by atoms with Gasteiger partial charge in [-0.25, -0.2) is 4.68 Å². The third-order valence-electron chi connectivity index (χ3n) is 2.91. The molecular formula is C14H13BrN4O. The largest absolute Gasteiger partial charge is 0.359 e. The van der Waals surface area contributed by atoms with E-state index in [1.807, 2.05) is 49.5 Å². The monoisotopic (exact) mass is 332 g/mol. The van der Waals surface area contributed by atoms with Crippen LogP contribution in [0.15, 0.2) is 47.1 Å². The summed E-state index contributed by atoms with van der Waals surface area (Å²) in [5, 5.41) is 12.2. The van der Waals surface area contributed by atoms with Crippen LogP contribution in [0, 0.1) is 0 Å². The van der Waals surface area contributed by atoms with Crippen LogP contribution in [0.5, 0.6) is 0 Å². The van der Waals surface area contributed by atoms with Gasteiger partial charge in [-0.2, -0.15) is 0 Å². The number of benzene rings is 1. The number of nitrogens with zero attached hydrogens (tertiary/aromatic N) is 4. The van der Waals surface area contributed by atoms with Crippen LogP contribution >= 0.6 is 15.9 Å². The molecule has 0 amide bonds. The van der Waals surface area contributed by atoms with E-state index < -0.39 is 0 Å². The Labute approximate surface area is 124 Å². The first-order valence-electron chi connectivity index (χ1n) is 6.27. The number of rotatable bonds is 4. The van der Waals surface area contributed by atoms with Crippen LogP contribution in [0.2, 0.25) is 0 Å². The van der Waals surface area contributed by atoms with Gasteiger partial charge in [0.05, 0.1) is 16.7 Å². The van der Waals surface area contributed by atoms with E-state index in [0.717, 1.165) is 22.7 Å². The predicted octanol–water partition coefficient (Wildman–Crippen LogP) is 3.44. The van der Waals surface area contributed by atoms with E-state index in [4.69, 9.17) is 4.52 Å². The van der Waals surface area contributed by atoms with Gasteiger partial charge in [-0.3, -0.25) is 0 Å². The Morgan fingerprint density at radius 3 is 2.80 bits per heavy atom. The van der Waals surface area contributed by atoms with Crippen molar-refractivity contribution in [1.82, 2.24) is 20.2 Å². The lowest BCUT2D eigenvalue weighted by Gasteiger charge is -1.95. The second kappa shape index (κ2) is 5.58. The summed E-state index contributed by atoms with van der Waals surface area (Å²) < 4.78 is 7.08. The molecule has 0 radical (unpaired) electrons. The van der Waals surface area contributed by atoms with E-state index >= 15 is 0 Å². The van der Waals surface area contributed by atoms with E-state index in [0.29, 0.717) is 6.54 Å². The molecule has 0 N–H and O–H groups in total. The fraction of sp³-hybridized carbons (Fsp3) is 0.214. The molecule has 5 nitrogen and oxygen atoms in total. The highest BCUT2D eigenvalue weighted by molar-refractivity contribution is 9.09. The maximum atomic E-state index is 5.34. The van der Waals surface area contributed by atoms with Crippen molar-refractivity contribution in [2.24, 2.45) is 0 Å². The Kier molecular flexibility index (Phi) is 3.64. The van der Waals surface area contributed by atoms with Crippen molar-refractivity contribution in [3.63, 3.8) is 0 Å². The SMILES string of the molecule is CC(Br)c1cn(Cc2cc(-c3ccccc3)no2)nn1. The molecule has 3 aromatic rings. The molecule has 0 spiro atoms. The van der Waals surface area contributed by atoms with Crippen molar-refractivity contribution < 1.29 is 4.52 Å². The molecule has 3 rings (SSSR count). The molecule has 2 aromatic heterocycles. The zero-order valence-corrected chi connectivity index (χ0v) is 12.5. The van der Waals surface area contributed by atoms with E-state index in [1.54, 1.807) is 4.68 Å². The molecule has 1 aromatic carbocycles. The fourth-order valence-corrected chi connectivity index (χ4v) is 2.07. The molecule has 0 aliphatic carbocycles. The normalized spacial score (nSPS) is 12.5. The molecule has 1 unspecified atom stereocenters. The van der Waals surface area contributed by atoms with Crippen molar-refractivity contribution in [1.29, 1.82) is 0 Å². The molecule has 2 heterocycles. The third kappa shape index (κ3) is 2.80. The molecule has 0 bridgehead atoms. The van der Waals surface area contributed by atoms with Gasteiger partial charge in [0.1, 0.15) is 12.2 Å². The number of hydrogen-bond donors (Lipinski definition) is 0. The molecule has 0 saturated carbocycles. The van der Waals surface area contributed by atoms with E-state index in [1.165, 1.54) is 0 Å². The summed E-state index contributed by atoms with van der Waals surface area (Å²) in [7, 11) is 0. The van der Waals surface area contributed by atoms with E-state index in [2.05, 4.69) is 31.4 Å². The van der Waals surface area contributed by atoms with Crippen LogP contribution in [0.1, 0.15) is 23.2 Å². The van der Waals surface area contributed by atoms with Crippen LogP contribution in [0.3, 0.4) is 0 Å². The average Bonchev–Trinajstić information content (AvgIpc) is 3.10. The minimum absolute atomic E-state index is 0.186. The lowest BCUT2D eigenvalue weighted by molar-refractivity contribution is 0.372. The van der Waals surface area contributed by atoms with Gasteiger partial charge in [0, 0.05) is 11.6 Å². The Bertz CT molecular complexity index is 690. The fourth-order valence-electron chi connectivity index (χ4n) is 1.87. The number of halogens is 1. The molecule has 6 heteroatoms. The maximum absolute atomic E-state index is 5.34. The lowest BCUT2D eigenvalue weighted by atomic mass is 10.1.